The molecule has 0 spiro atoms. The molecule has 3 rings (SSSR count). The van der Waals surface area contributed by atoms with Crippen molar-refractivity contribution in [1.82, 2.24) is 10.3 Å². The van der Waals surface area contributed by atoms with E-state index in [2.05, 4.69) is 41.5 Å². The second-order valence-electron chi connectivity index (χ2n) is 6.12. The van der Waals surface area contributed by atoms with Crippen LogP contribution < -0.4 is 5.32 Å². The third kappa shape index (κ3) is 4.14. The van der Waals surface area contributed by atoms with Crippen LogP contribution in [0.15, 0.2) is 30.5 Å². The Morgan fingerprint density at radius 1 is 1.24 bits per heavy atom. The smallest absolute Gasteiger partial charge is 0.107 e. The summed E-state index contributed by atoms with van der Waals surface area (Å²) in [6.45, 7) is 4.20. The van der Waals surface area contributed by atoms with Crippen LogP contribution in [0.25, 0.3) is 10.4 Å². The highest BCUT2D eigenvalue weighted by atomic mass is 32.1. The minimum Gasteiger partial charge on any atom is -0.310 e. The molecule has 1 aromatic carbocycles. The zero-order valence-corrected chi connectivity index (χ0v) is 13.6. The van der Waals surface area contributed by atoms with Gasteiger partial charge in [0.2, 0.25) is 0 Å². The summed E-state index contributed by atoms with van der Waals surface area (Å²) in [6, 6.07) is 8.65. The third-order valence-electron chi connectivity index (χ3n) is 4.29. The van der Waals surface area contributed by atoms with Crippen molar-refractivity contribution in [2.75, 3.05) is 6.54 Å². The molecule has 1 fully saturated rings. The number of aryl methyl sites for hydroxylation is 1. The monoisotopic (exact) mass is 300 g/mol. The Kier molecular flexibility index (Phi) is 5.04. The number of nitrogens with one attached hydrogen (secondary N) is 1. The van der Waals surface area contributed by atoms with Crippen LogP contribution in [0.4, 0.5) is 0 Å². The predicted molar refractivity (Wildman–Crippen MR) is 90.6 cm³/mol. The lowest BCUT2D eigenvalue weighted by Crippen LogP contribution is -2.24. The molecule has 2 nitrogen and oxygen atoms in total. The van der Waals surface area contributed by atoms with Crippen molar-refractivity contribution in [3.8, 4) is 10.4 Å². The fourth-order valence-corrected chi connectivity index (χ4v) is 3.98. The lowest BCUT2D eigenvalue weighted by Gasteiger charge is -2.21. The first-order chi connectivity index (χ1) is 10.3. The molecule has 1 heterocycles. The summed E-state index contributed by atoms with van der Waals surface area (Å²) in [5.41, 5.74) is 2.59. The molecule has 1 saturated carbocycles. The van der Waals surface area contributed by atoms with E-state index < -0.39 is 0 Å². The molecular weight excluding hydrogens is 276 g/mol. The van der Waals surface area contributed by atoms with E-state index in [1.54, 1.807) is 0 Å². The quantitative estimate of drug-likeness (QED) is 0.859. The van der Waals surface area contributed by atoms with E-state index >= 15 is 0 Å². The molecule has 1 aliphatic rings. The normalized spacial score (nSPS) is 16.2. The molecule has 0 saturated heterocycles. The standard InChI is InChI=1S/C18H24N2S/c1-14-6-5-9-16(10-14)17-12-20-18(21-17)13-19-11-15-7-3-2-4-8-15/h5-6,9-10,12,15,19H,2-4,7-8,11,13H2,1H3. The van der Waals surface area contributed by atoms with Gasteiger partial charge in [-0.1, -0.05) is 49.1 Å². The van der Waals surface area contributed by atoms with Crippen LogP contribution in [0.3, 0.4) is 0 Å². The molecule has 1 aliphatic carbocycles. The predicted octanol–water partition coefficient (Wildman–Crippen LogP) is 4.79. The maximum Gasteiger partial charge on any atom is 0.107 e. The van der Waals surface area contributed by atoms with Gasteiger partial charge in [-0.05, 0) is 37.8 Å². The molecule has 0 atom stereocenters. The minimum absolute atomic E-state index is 0.884. The topological polar surface area (TPSA) is 24.9 Å². The average Bonchev–Trinajstić information content (AvgIpc) is 2.97. The van der Waals surface area contributed by atoms with Crippen LogP contribution in [0.2, 0.25) is 0 Å². The molecule has 0 bridgehead atoms. The van der Waals surface area contributed by atoms with Crippen molar-refractivity contribution < 1.29 is 0 Å². The van der Waals surface area contributed by atoms with Crippen molar-refractivity contribution in [3.05, 3.63) is 41.0 Å². The number of benzene rings is 1. The molecule has 2 aromatic rings. The largest absolute Gasteiger partial charge is 0.310 e. The molecule has 0 aliphatic heterocycles. The van der Waals surface area contributed by atoms with Crippen LogP contribution >= 0.6 is 11.3 Å². The second kappa shape index (κ2) is 7.19. The number of hydrogen-bond donors (Lipinski definition) is 1. The molecule has 1 aromatic heterocycles. The number of rotatable bonds is 5. The number of thiazole rings is 1. The molecular formula is C18H24N2S. The fourth-order valence-electron chi connectivity index (χ4n) is 3.10. The van der Waals surface area contributed by atoms with Crippen molar-refractivity contribution in [2.45, 2.75) is 45.6 Å². The number of nitrogens with zero attached hydrogens (tertiary/aromatic N) is 1. The summed E-state index contributed by atoms with van der Waals surface area (Å²) < 4.78 is 0. The Labute approximate surface area is 131 Å². The summed E-state index contributed by atoms with van der Waals surface area (Å²) in [6.07, 6.45) is 9.08. The van der Waals surface area contributed by atoms with Crippen LogP contribution in [0.1, 0.15) is 42.7 Å². The van der Waals surface area contributed by atoms with Gasteiger partial charge >= 0.3 is 0 Å². The first-order valence-electron chi connectivity index (χ1n) is 8.04. The van der Waals surface area contributed by atoms with E-state index in [0.29, 0.717) is 0 Å². The third-order valence-corrected chi connectivity index (χ3v) is 5.34. The zero-order valence-electron chi connectivity index (χ0n) is 12.8. The van der Waals surface area contributed by atoms with E-state index in [4.69, 9.17) is 0 Å². The van der Waals surface area contributed by atoms with Crippen molar-refractivity contribution >= 4 is 11.3 Å². The van der Waals surface area contributed by atoms with Gasteiger partial charge in [-0.3, -0.25) is 0 Å². The van der Waals surface area contributed by atoms with Gasteiger partial charge in [0.25, 0.3) is 0 Å². The van der Waals surface area contributed by atoms with Gasteiger partial charge in [0.05, 0.1) is 4.88 Å². The van der Waals surface area contributed by atoms with Crippen LogP contribution in [0, 0.1) is 12.8 Å². The van der Waals surface area contributed by atoms with Crippen LogP contribution in [-0.2, 0) is 6.54 Å². The number of hydrogen-bond acceptors (Lipinski definition) is 3. The first-order valence-corrected chi connectivity index (χ1v) is 8.85. The van der Waals surface area contributed by atoms with Gasteiger partial charge in [0, 0.05) is 12.7 Å². The van der Waals surface area contributed by atoms with Crippen molar-refractivity contribution in [1.29, 1.82) is 0 Å². The van der Waals surface area contributed by atoms with Gasteiger partial charge in [-0.2, -0.15) is 0 Å². The highest BCUT2D eigenvalue weighted by Crippen LogP contribution is 2.27. The molecule has 1 N–H and O–H groups in total. The lowest BCUT2D eigenvalue weighted by atomic mass is 9.89. The molecule has 21 heavy (non-hydrogen) atoms. The van der Waals surface area contributed by atoms with Crippen LogP contribution in [0.5, 0.6) is 0 Å². The Bertz CT molecular complexity index is 570. The Morgan fingerprint density at radius 3 is 2.90 bits per heavy atom. The molecule has 0 radical (unpaired) electrons. The van der Waals surface area contributed by atoms with E-state index in [-0.39, 0.29) is 0 Å². The maximum absolute atomic E-state index is 4.56. The second-order valence-corrected chi connectivity index (χ2v) is 7.24. The van der Waals surface area contributed by atoms with E-state index in [1.165, 1.54) is 53.1 Å². The number of aromatic nitrogens is 1. The van der Waals surface area contributed by atoms with Crippen molar-refractivity contribution in [3.63, 3.8) is 0 Å². The van der Waals surface area contributed by atoms with E-state index in [9.17, 15) is 0 Å². The fraction of sp³-hybridized carbons (Fsp3) is 0.500. The van der Waals surface area contributed by atoms with E-state index in [0.717, 1.165) is 19.0 Å². The van der Waals surface area contributed by atoms with Crippen LogP contribution in [-0.4, -0.2) is 11.5 Å². The SMILES string of the molecule is Cc1cccc(-c2cnc(CNCC3CCCCC3)s2)c1. The summed E-state index contributed by atoms with van der Waals surface area (Å²) in [7, 11) is 0. The van der Waals surface area contributed by atoms with Gasteiger partial charge in [-0.15, -0.1) is 11.3 Å². The molecule has 112 valence electrons. The average molecular weight is 300 g/mol. The summed E-state index contributed by atoms with van der Waals surface area (Å²) in [5, 5.41) is 4.79. The summed E-state index contributed by atoms with van der Waals surface area (Å²) in [4.78, 5) is 5.83. The summed E-state index contributed by atoms with van der Waals surface area (Å²) >= 11 is 1.81. The zero-order chi connectivity index (χ0) is 14.5. The van der Waals surface area contributed by atoms with Gasteiger partial charge in [0.1, 0.15) is 5.01 Å². The highest BCUT2D eigenvalue weighted by molar-refractivity contribution is 7.15. The Balaban J connectivity index is 1.53. The molecule has 3 heteroatoms. The van der Waals surface area contributed by atoms with Crippen molar-refractivity contribution in [2.24, 2.45) is 5.92 Å². The van der Waals surface area contributed by atoms with Gasteiger partial charge in [0.15, 0.2) is 0 Å². The minimum atomic E-state index is 0.884. The summed E-state index contributed by atoms with van der Waals surface area (Å²) in [5.74, 6) is 0.884. The lowest BCUT2D eigenvalue weighted by molar-refractivity contribution is 0.342. The highest BCUT2D eigenvalue weighted by Gasteiger charge is 2.13. The molecule has 0 unspecified atom stereocenters. The Morgan fingerprint density at radius 2 is 2.10 bits per heavy atom. The first kappa shape index (κ1) is 14.7. The Hall–Kier alpha value is -1.19. The molecule has 0 amide bonds. The van der Waals surface area contributed by atoms with E-state index in [1.807, 2.05) is 17.5 Å². The maximum atomic E-state index is 4.56. The van der Waals surface area contributed by atoms with Gasteiger partial charge < -0.3 is 5.32 Å². The van der Waals surface area contributed by atoms with Gasteiger partial charge in [-0.25, -0.2) is 4.98 Å².